The van der Waals surface area contributed by atoms with Crippen LogP contribution >= 0.6 is 0 Å². The summed E-state index contributed by atoms with van der Waals surface area (Å²) in [6, 6.07) is 8.93. The van der Waals surface area contributed by atoms with Crippen LogP contribution < -0.4 is 16.1 Å². The van der Waals surface area contributed by atoms with Crippen molar-refractivity contribution in [1.29, 1.82) is 0 Å². The maximum absolute atomic E-state index is 12.6. The van der Waals surface area contributed by atoms with Crippen LogP contribution in [0.4, 0.5) is 5.69 Å². The van der Waals surface area contributed by atoms with Gasteiger partial charge >= 0.3 is 0 Å². The van der Waals surface area contributed by atoms with E-state index < -0.39 is 11.9 Å². The summed E-state index contributed by atoms with van der Waals surface area (Å²) in [6.07, 6.45) is 5.81. The number of benzene rings is 1. The topological polar surface area (TPSA) is 87.8 Å². The second-order valence-electron chi connectivity index (χ2n) is 6.95. The minimum Gasteiger partial charge on any atom is -0.368 e. The molecule has 1 aromatic carbocycles. The number of para-hydroxylation sites is 1. The second kappa shape index (κ2) is 7.68. The van der Waals surface area contributed by atoms with E-state index >= 15 is 0 Å². The Hall–Kier alpha value is -2.37. The van der Waals surface area contributed by atoms with Gasteiger partial charge < -0.3 is 11.1 Å². The van der Waals surface area contributed by atoms with Gasteiger partial charge in [-0.25, -0.2) is 0 Å². The molecule has 0 spiro atoms. The van der Waals surface area contributed by atoms with Gasteiger partial charge in [0.2, 0.25) is 5.91 Å². The zero-order chi connectivity index (χ0) is 17.8. The molecule has 1 aliphatic carbocycles. The Morgan fingerprint density at radius 3 is 2.48 bits per heavy atom. The Morgan fingerprint density at radius 1 is 1.20 bits per heavy atom. The van der Waals surface area contributed by atoms with Crippen LogP contribution in [0.3, 0.4) is 0 Å². The quantitative estimate of drug-likeness (QED) is 0.860. The van der Waals surface area contributed by atoms with E-state index in [1.165, 1.54) is 6.42 Å². The molecule has 1 aliphatic heterocycles. The maximum atomic E-state index is 12.6. The zero-order valence-electron chi connectivity index (χ0n) is 14.6. The van der Waals surface area contributed by atoms with Gasteiger partial charge in [-0.15, -0.1) is 0 Å². The van der Waals surface area contributed by atoms with Crippen molar-refractivity contribution in [2.24, 2.45) is 16.8 Å². The molecule has 1 fully saturated rings. The average Bonchev–Trinajstić information content (AvgIpc) is 3.09. The van der Waals surface area contributed by atoms with Gasteiger partial charge in [-0.3, -0.25) is 14.6 Å². The molecule has 134 valence electrons. The number of primary amides is 1. The summed E-state index contributed by atoms with van der Waals surface area (Å²) in [5, 5.41) is 9.04. The molecule has 6 nitrogen and oxygen atoms in total. The third-order valence-corrected chi connectivity index (χ3v) is 5.28. The van der Waals surface area contributed by atoms with Crippen molar-refractivity contribution >= 4 is 23.2 Å². The summed E-state index contributed by atoms with van der Waals surface area (Å²) in [5.41, 5.74) is 6.66. The molecule has 1 unspecified atom stereocenters. The first-order valence-corrected chi connectivity index (χ1v) is 9.10. The smallest absolute Gasteiger partial charge is 0.267 e. The highest BCUT2D eigenvalue weighted by molar-refractivity contribution is 6.40. The van der Waals surface area contributed by atoms with Gasteiger partial charge in [0.25, 0.3) is 5.91 Å². The summed E-state index contributed by atoms with van der Waals surface area (Å²) in [7, 11) is 0. The third-order valence-electron chi connectivity index (χ3n) is 5.28. The fourth-order valence-corrected chi connectivity index (χ4v) is 3.67. The fourth-order valence-electron chi connectivity index (χ4n) is 3.67. The molecule has 0 aromatic heterocycles. The Balaban J connectivity index is 1.67. The van der Waals surface area contributed by atoms with Crippen molar-refractivity contribution in [2.75, 3.05) is 5.01 Å². The van der Waals surface area contributed by atoms with Crippen LogP contribution in [0.5, 0.6) is 0 Å². The number of anilines is 1. The molecule has 1 atom stereocenters. The molecule has 25 heavy (non-hydrogen) atoms. The van der Waals surface area contributed by atoms with Crippen molar-refractivity contribution in [3.8, 4) is 0 Å². The molecule has 3 rings (SSSR count). The Kier molecular flexibility index (Phi) is 5.36. The van der Waals surface area contributed by atoms with E-state index in [2.05, 4.69) is 17.3 Å². The van der Waals surface area contributed by atoms with Gasteiger partial charge in [-0.1, -0.05) is 31.5 Å². The summed E-state index contributed by atoms with van der Waals surface area (Å²) in [4.78, 5) is 24.4. The van der Waals surface area contributed by atoms with Crippen molar-refractivity contribution in [3.63, 3.8) is 0 Å². The number of hydrogen-bond acceptors (Lipinski definition) is 4. The first-order valence-electron chi connectivity index (χ1n) is 9.10. The van der Waals surface area contributed by atoms with Crippen LogP contribution in [-0.2, 0) is 9.59 Å². The van der Waals surface area contributed by atoms with E-state index in [-0.39, 0.29) is 18.4 Å². The molecule has 0 radical (unpaired) electrons. The lowest BCUT2D eigenvalue weighted by molar-refractivity contribution is -0.119. The first-order chi connectivity index (χ1) is 12.1. The highest BCUT2D eigenvalue weighted by Crippen LogP contribution is 2.27. The van der Waals surface area contributed by atoms with Crippen molar-refractivity contribution < 1.29 is 9.59 Å². The standard InChI is InChI=1S/C19H26N4O2/c1-2-13-8-10-14(11-9-13)21-19(25)16-12-17(18(20)24)23(22-16)15-6-4-3-5-7-15/h3-7,13-14,17H,2,8-12H2,1H3,(H2,20,24)(H,21,25). The first kappa shape index (κ1) is 17.5. The molecule has 3 N–H and O–H groups in total. The third kappa shape index (κ3) is 4.00. The lowest BCUT2D eigenvalue weighted by Gasteiger charge is -2.28. The number of nitrogens with two attached hydrogens (primary N) is 1. The van der Waals surface area contributed by atoms with Crippen LogP contribution in [0.15, 0.2) is 35.4 Å². The molecular formula is C19H26N4O2. The monoisotopic (exact) mass is 342 g/mol. The number of amides is 2. The van der Waals surface area contributed by atoms with Gasteiger partial charge in [0.15, 0.2) is 0 Å². The van der Waals surface area contributed by atoms with E-state index in [1.807, 2.05) is 30.3 Å². The predicted molar refractivity (Wildman–Crippen MR) is 98.1 cm³/mol. The SMILES string of the molecule is CCC1CCC(NC(=O)C2=NN(c3ccccc3)C(C(N)=O)C2)CC1. The maximum Gasteiger partial charge on any atom is 0.267 e. The lowest BCUT2D eigenvalue weighted by Crippen LogP contribution is -2.42. The van der Waals surface area contributed by atoms with Crippen LogP contribution in [0.25, 0.3) is 0 Å². The van der Waals surface area contributed by atoms with E-state index in [0.717, 1.165) is 37.3 Å². The van der Waals surface area contributed by atoms with Gasteiger partial charge in [-0.2, -0.15) is 5.10 Å². The van der Waals surface area contributed by atoms with Gasteiger partial charge in [0, 0.05) is 12.5 Å². The molecule has 0 bridgehead atoms. The number of carbonyl (C=O) groups is 2. The second-order valence-corrected chi connectivity index (χ2v) is 6.95. The van der Waals surface area contributed by atoms with E-state index in [1.54, 1.807) is 5.01 Å². The number of nitrogens with zero attached hydrogens (tertiary/aromatic N) is 2. The number of rotatable bonds is 5. The number of hydrogen-bond donors (Lipinski definition) is 2. The highest BCUT2D eigenvalue weighted by atomic mass is 16.2. The van der Waals surface area contributed by atoms with E-state index in [4.69, 9.17) is 5.73 Å². The largest absolute Gasteiger partial charge is 0.368 e. The van der Waals surface area contributed by atoms with Crippen molar-refractivity contribution in [2.45, 2.75) is 57.5 Å². The minimum absolute atomic E-state index is 0.176. The van der Waals surface area contributed by atoms with Gasteiger partial charge in [0.05, 0.1) is 5.69 Å². The normalized spacial score (nSPS) is 26.2. The molecule has 1 aromatic rings. The Morgan fingerprint density at radius 2 is 1.88 bits per heavy atom. The molecular weight excluding hydrogens is 316 g/mol. The molecule has 2 aliphatic rings. The molecule has 0 saturated heterocycles. The molecule has 2 amide bonds. The Bertz CT molecular complexity index is 651. The minimum atomic E-state index is -0.612. The average molecular weight is 342 g/mol. The molecule has 6 heteroatoms. The lowest BCUT2D eigenvalue weighted by atomic mass is 9.84. The summed E-state index contributed by atoms with van der Waals surface area (Å²) in [6.45, 7) is 2.22. The summed E-state index contributed by atoms with van der Waals surface area (Å²) < 4.78 is 0. The van der Waals surface area contributed by atoms with E-state index in [9.17, 15) is 9.59 Å². The van der Waals surface area contributed by atoms with Gasteiger partial charge in [0.1, 0.15) is 11.8 Å². The zero-order valence-corrected chi connectivity index (χ0v) is 14.6. The van der Waals surface area contributed by atoms with Crippen LogP contribution in [0.1, 0.15) is 45.4 Å². The predicted octanol–water partition coefficient (Wildman–Crippen LogP) is 2.19. The van der Waals surface area contributed by atoms with E-state index in [0.29, 0.717) is 5.71 Å². The highest BCUT2D eigenvalue weighted by Gasteiger charge is 2.35. The van der Waals surface area contributed by atoms with Crippen LogP contribution in [0, 0.1) is 5.92 Å². The van der Waals surface area contributed by atoms with Crippen molar-refractivity contribution in [3.05, 3.63) is 30.3 Å². The van der Waals surface area contributed by atoms with Crippen LogP contribution in [0.2, 0.25) is 0 Å². The van der Waals surface area contributed by atoms with Gasteiger partial charge in [-0.05, 0) is 43.7 Å². The fraction of sp³-hybridized carbons (Fsp3) is 0.526. The number of carbonyl (C=O) groups excluding carboxylic acids is 2. The molecule has 1 heterocycles. The molecule has 1 saturated carbocycles. The number of nitrogens with one attached hydrogen (secondary N) is 1. The van der Waals surface area contributed by atoms with Crippen molar-refractivity contribution in [1.82, 2.24) is 5.32 Å². The summed E-state index contributed by atoms with van der Waals surface area (Å²) >= 11 is 0. The van der Waals surface area contributed by atoms with Crippen LogP contribution in [-0.4, -0.2) is 29.6 Å². The summed E-state index contributed by atoms with van der Waals surface area (Å²) in [5.74, 6) is 0.133. The Labute approximate surface area is 148 Å². The number of hydrazone groups is 1.